The number of aromatic hydroxyl groups is 1. The summed E-state index contributed by atoms with van der Waals surface area (Å²) in [6, 6.07) is 7.66. The minimum atomic E-state index is -0.452. The van der Waals surface area contributed by atoms with Crippen molar-refractivity contribution in [2.75, 3.05) is 0 Å². The van der Waals surface area contributed by atoms with Gasteiger partial charge in [-0.25, -0.2) is 4.98 Å². The van der Waals surface area contributed by atoms with Crippen LogP contribution >= 0.6 is 0 Å². The lowest BCUT2D eigenvalue weighted by atomic mass is 10.2. The van der Waals surface area contributed by atoms with Crippen LogP contribution in [0, 0.1) is 17.0 Å². The maximum atomic E-state index is 10.6. The van der Waals surface area contributed by atoms with Gasteiger partial charge in [-0.15, -0.1) is 0 Å². The van der Waals surface area contributed by atoms with Crippen LogP contribution in [-0.2, 0) is 0 Å². The molecule has 0 atom stereocenters. The molecule has 2 rings (SSSR count). The second-order valence-electron chi connectivity index (χ2n) is 3.91. The molecule has 0 saturated carbocycles. The van der Waals surface area contributed by atoms with E-state index in [0.717, 1.165) is 0 Å². The second kappa shape index (κ2) is 5.26. The third-order valence-electron chi connectivity index (χ3n) is 2.36. The van der Waals surface area contributed by atoms with Crippen molar-refractivity contribution in [3.05, 3.63) is 57.5 Å². The molecule has 0 unspecified atom stereocenters. The number of hydrogen-bond donors (Lipinski definition) is 1. The Bertz CT molecular complexity index is 633. The van der Waals surface area contributed by atoms with Gasteiger partial charge in [-0.05, 0) is 18.6 Å². The third-order valence-corrected chi connectivity index (χ3v) is 2.36. The predicted octanol–water partition coefficient (Wildman–Crippen LogP) is 2.57. The number of non-ortho nitro benzene ring substituents is 1. The number of nitro groups is 1. The summed E-state index contributed by atoms with van der Waals surface area (Å²) in [4.78, 5) is 18.1. The molecule has 6 heteroatoms. The van der Waals surface area contributed by atoms with Gasteiger partial charge in [0.1, 0.15) is 0 Å². The van der Waals surface area contributed by atoms with Gasteiger partial charge in [0.15, 0.2) is 5.82 Å². The zero-order valence-corrected chi connectivity index (χ0v) is 10.1. The van der Waals surface area contributed by atoms with E-state index < -0.39 is 4.92 Å². The van der Waals surface area contributed by atoms with E-state index in [1.54, 1.807) is 31.2 Å². The number of aryl methyl sites for hydroxylation is 1. The number of nitro benzene ring substituents is 1. The Kier molecular flexibility index (Phi) is 3.51. The van der Waals surface area contributed by atoms with Crippen LogP contribution in [0.4, 0.5) is 5.69 Å². The van der Waals surface area contributed by atoms with Crippen molar-refractivity contribution in [1.82, 2.24) is 9.97 Å². The number of rotatable bonds is 3. The Balaban J connectivity index is 2.27. The van der Waals surface area contributed by atoms with E-state index in [4.69, 9.17) is 0 Å². The summed E-state index contributed by atoms with van der Waals surface area (Å²) in [6.45, 7) is 1.74. The number of aromatic nitrogens is 2. The summed E-state index contributed by atoms with van der Waals surface area (Å²) in [5, 5.41) is 20.0. The monoisotopic (exact) mass is 257 g/mol. The molecule has 1 heterocycles. The molecule has 0 amide bonds. The fourth-order valence-electron chi connectivity index (χ4n) is 1.56. The Morgan fingerprint density at radius 2 is 2.05 bits per heavy atom. The Labute approximate surface area is 109 Å². The lowest BCUT2D eigenvalue weighted by molar-refractivity contribution is -0.384. The highest BCUT2D eigenvalue weighted by molar-refractivity contribution is 5.67. The smallest absolute Gasteiger partial charge is 0.270 e. The maximum absolute atomic E-state index is 10.6. The summed E-state index contributed by atoms with van der Waals surface area (Å²) < 4.78 is 0. The van der Waals surface area contributed by atoms with Crippen LogP contribution in [0.2, 0.25) is 0 Å². The summed E-state index contributed by atoms with van der Waals surface area (Å²) in [5.41, 5.74) is 1.33. The van der Waals surface area contributed by atoms with Crippen molar-refractivity contribution in [2.45, 2.75) is 6.92 Å². The van der Waals surface area contributed by atoms with E-state index in [-0.39, 0.29) is 11.6 Å². The molecule has 96 valence electrons. The molecule has 1 aromatic carbocycles. The fraction of sp³-hybridized carbons (Fsp3) is 0.0769. The number of benzene rings is 1. The molecule has 2 aromatic rings. The molecule has 0 spiro atoms. The van der Waals surface area contributed by atoms with Crippen LogP contribution in [0.1, 0.15) is 17.1 Å². The van der Waals surface area contributed by atoms with Crippen LogP contribution in [0.15, 0.2) is 30.3 Å². The largest absolute Gasteiger partial charge is 0.493 e. The van der Waals surface area contributed by atoms with Crippen molar-refractivity contribution in [3.63, 3.8) is 0 Å². The van der Waals surface area contributed by atoms with Gasteiger partial charge in [0.05, 0.1) is 4.92 Å². The molecular formula is C13H11N3O3. The Morgan fingerprint density at radius 1 is 1.26 bits per heavy atom. The fourth-order valence-corrected chi connectivity index (χ4v) is 1.56. The van der Waals surface area contributed by atoms with E-state index in [2.05, 4.69) is 9.97 Å². The van der Waals surface area contributed by atoms with E-state index in [9.17, 15) is 15.2 Å². The first-order chi connectivity index (χ1) is 9.04. The summed E-state index contributed by atoms with van der Waals surface area (Å²) in [5.74, 6) is 0.246. The summed E-state index contributed by atoms with van der Waals surface area (Å²) in [6.07, 6.45) is 3.24. The predicted molar refractivity (Wildman–Crippen MR) is 70.5 cm³/mol. The highest BCUT2D eigenvalue weighted by Gasteiger charge is 2.04. The SMILES string of the molecule is Cc1cc(O)nc(/C=C/c2cccc([N+](=O)[O-])c2)n1. The van der Waals surface area contributed by atoms with Gasteiger partial charge in [0.25, 0.3) is 5.69 Å². The Hall–Kier alpha value is -2.76. The number of hydrogen-bond acceptors (Lipinski definition) is 5. The molecule has 0 aliphatic carbocycles. The Morgan fingerprint density at radius 3 is 2.74 bits per heavy atom. The summed E-state index contributed by atoms with van der Waals surface area (Å²) >= 11 is 0. The molecule has 19 heavy (non-hydrogen) atoms. The average Bonchev–Trinajstić information content (AvgIpc) is 2.35. The molecular weight excluding hydrogens is 246 g/mol. The van der Waals surface area contributed by atoms with Crippen LogP contribution in [0.3, 0.4) is 0 Å². The average molecular weight is 257 g/mol. The zero-order chi connectivity index (χ0) is 13.8. The van der Waals surface area contributed by atoms with Crippen molar-refractivity contribution in [1.29, 1.82) is 0 Å². The first kappa shape index (κ1) is 12.7. The molecule has 0 bridgehead atoms. The van der Waals surface area contributed by atoms with Gasteiger partial charge in [0, 0.05) is 23.9 Å². The van der Waals surface area contributed by atoms with Crippen molar-refractivity contribution >= 4 is 17.8 Å². The van der Waals surface area contributed by atoms with Crippen molar-refractivity contribution in [3.8, 4) is 5.88 Å². The van der Waals surface area contributed by atoms with E-state index >= 15 is 0 Å². The van der Waals surface area contributed by atoms with Crippen LogP contribution in [-0.4, -0.2) is 20.0 Å². The zero-order valence-electron chi connectivity index (χ0n) is 10.1. The topological polar surface area (TPSA) is 89.2 Å². The number of nitrogens with zero attached hydrogens (tertiary/aromatic N) is 3. The highest BCUT2D eigenvalue weighted by atomic mass is 16.6. The van der Waals surface area contributed by atoms with E-state index in [1.807, 2.05) is 0 Å². The molecule has 0 saturated heterocycles. The normalized spacial score (nSPS) is 10.8. The first-order valence-electron chi connectivity index (χ1n) is 5.52. The van der Waals surface area contributed by atoms with Gasteiger partial charge in [-0.1, -0.05) is 18.2 Å². The van der Waals surface area contributed by atoms with Crippen LogP contribution < -0.4 is 0 Å². The van der Waals surface area contributed by atoms with E-state index in [0.29, 0.717) is 17.1 Å². The second-order valence-corrected chi connectivity index (χ2v) is 3.91. The standard InChI is InChI=1S/C13H11N3O3/c1-9-7-13(17)15-12(14-9)6-5-10-3-2-4-11(8-10)16(18)19/h2-8H,1H3,(H,14,15,17)/b6-5+. The van der Waals surface area contributed by atoms with Gasteiger partial charge in [-0.3, -0.25) is 10.1 Å². The van der Waals surface area contributed by atoms with E-state index in [1.165, 1.54) is 18.2 Å². The molecule has 1 N–H and O–H groups in total. The highest BCUT2D eigenvalue weighted by Crippen LogP contribution is 2.15. The van der Waals surface area contributed by atoms with Gasteiger partial charge in [0.2, 0.25) is 5.88 Å². The molecule has 6 nitrogen and oxygen atoms in total. The first-order valence-corrected chi connectivity index (χ1v) is 5.52. The van der Waals surface area contributed by atoms with Crippen LogP contribution in [0.5, 0.6) is 5.88 Å². The minimum Gasteiger partial charge on any atom is -0.493 e. The molecule has 0 fully saturated rings. The molecule has 0 aliphatic heterocycles. The molecule has 1 aromatic heterocycles. The van der Waals surface area contributed by atoms with Crippen molar-refractivity contribution < 1.29 is 10.0 Å². The molecule has 0 radical (unpaired) electrons. The van der Waals surface area contributed by atoms with Crippen LogP contribution in [0.25, 0.3) is 12.2 Å². The lowest BCUT2D eigenvalue weighted by Gasteiger charge is -1.97. The van der Waals surface area contributed by atoms with Gasteiger partial charge >= 0.3 is 0 Å². The quantitative estimate of drug-likeness (QED) is 0.674. The third kappa shape index (κ3) is 3.35. The maximum Gasteiger partial charge on any atom is 0.270 e. The van der Waals surface area contributed by atoms with Crippen molar-refractivity contribution in [2.24, 2.45) is 0 Å². The minimum absolute atomic E-state index is 0.0233. The summed E-state index contributed by atoms with van der Waals surface area (Å²) in [7, 11) is 0. The lowest BCUT2D eigenvalue weighted by Crippen LogP contribution is -1.90. The van der Waals surface area contributed by atoms with Gasteiger partial charge < -0.3 is 5.11 Å². The van der Waals surface area contributed by atoms with Gasteiger partial charge in [-0.2, -0.15) is 4.98 Å². The molecule has 0 aliphatic rings.